The van der Waals surface area contributed by atoms with E-state index in [2.05, 4.69) is 20.6 Å². The van der Waals surface area contributed by atoms with Crippen molar-refractivity contribution >= 4 is 28.8 Å². The molecule has 1 saturated heterocycles. The summed E-state index contributed by atoms with van der Waals surface area (Å²) in [5.74, 6) is -0.610. The van der Waals surface area contributed by atoms with E-state index in [4.69, 9.17) is 4.42 Å². The molecule has 0 aliphatic carbocycles. The summed E-state index contributed by atoms with van der Waals surface area (Å²) in [7, 11) is 0. The highest BCUT2D eigenvalue weighted by Gasteiger charge is 2.53. The highest BCUT2D eigenvalue weighted by Crippen LogP contribution is 2.35. The van der Waals surface area contributed by atoms with Crippen LogP contribution in [0.25, 0.3) is 22.2 Å². The number of aromatic hydroxyl groups is 1. The average molecular weight is 483 g/mol. The first kappa shape index (κ1) is 21.8. The Hall–Kier alpha value is -4.73. The Bertz CT molecular complexity index is 1580. The molecule has 180 valence electrons. The fourth-order valence-corrected chi connectivity index (χ4v) is 4.78. The minimum absolute atomic E-state index is 0.00825. The van der Waals surface area contributed by atoms with Gasteiger partial charge in [0.25, 0.3) is 11.8 Å². The Labute approximate surface area is 205 Å². The van der Waals surface area contributed by atoms with Crippen LogP contribution in [0.1, 0.15) is 34.2 Å². The molecule has 36 heavy (non-hydrogen) atoms. The van der Waals surface area contributed by atoms with Crippen LogP contribution >= 0.6 is 0 Å². The van der Waals surface area contributed by atoms with Crippen LogP contribution in [0.2, 0.25) is 0 Å². The SMILES string of the molecule is CCc1ccc2c(c1)C(=O)N(C[C@@]1(c3cc4cc(-c5cncc(O)c5)ncc4o3)NC(=O)NC1=O)C2. The lowest BCUT2D eigenvalue weighted by molar-refractivity contribution is -0.125. The number of imide groups is 1. The molecule has 0 radical (unpaired) electrons. The van der Waals surface area contributed by atoms with Crippen molar-refractivity contribution in [3.05, 3.63) is 77.4 Å². The number of urea groups is 1. The zero-order chi connectivity index (χ0) is 25.0. The van der Waals surface area contributed by atoms with Gasteiger partial charge in [-0.05, 0) is 41.8 Å². The van der Waals surface area contributed by atoms with Gasteiger partial charge in [0.15, 0.2) is 11.1 Å². The van der Waals surface area contributed by atoms with Gasteiger partial charge in [-0.25, -0.2) is 4.79 Å². The summed E-state index contributed by atoms with van der Waals surface area (Å²) in [6.07, 6.45) is 5.20. The number of nitrogens with one attached hydrogen (secondary N) is 2. The third-order valence-electron chi connectivity index (χ3n) is 6.68. The summed E-state index contributed by atoms with van der Waals surface area (Å²) in [6.45, 7) is 2.24. The number of fused-ring (bicyclic) bond motifs is 2. The van der Waals surface area contributed by atoms with Crippen LogP contribution < -0.4 is 10.6 Å². The molecule has 3 aromatic heterocycles. The molecule has 0 spiro atoms. The van der Waals surface area contributed by atoms with Crippen LogP contribution in [0, 0.1) is 0 Å². The summed E-state index contributed by atoms with van der Waals surface area (Å²) in [5, 5.41) is 15.4. The van der Waals surface area contributed by atoms with E-state index in [1.165, 1.54) is 18.5 Å². The second kappa shape index (κ2) is 7.91. The third kappa shape index (κ3) is 3.37. The lowest BCUT2D eigenvalue weighted by Crippen LogP contribution is -2.52. The molecule has 4 aromatic rings. The molecule has 1 atom stereocenters. The number of carbonyl (C=O) groups is 3. The molecule has 0 bridgehead atoms. The van der Waals surface area contributed by atoms with E-state index in [1.807, 2.05) is 25.1 Å². The molecule has 6 rings (SSSR count). The largest absolute Gasteiger partial charge is 0.506 e. The molecular formula is C26H21N5O5. The number of aryl methyl sites for hydroxylation is 1. The molecule has 1 aromatic carbocycles. The molecule has 4 amide bonds. The number of carbonyl (C=O) groups excluding carboxylic acids is 3. The lowest BCUT2D eigenvalue weighted by Gasteiger charge is -2.29. The predicted molar refractivity (Wildman–Crippen MR) is 128 cm³/mol. The number of hydrogen-bond acceptors (Lipinski definition) is 7. The highest BCUT2D eigenvalue weighted by molar-refractivity contribution is 6.08. The van der Waals surface area contributed by atoms with Crippen molar-refractivity contribution in [2.24, 2.45) is 0 Å². The maximum Gasteiger partial charge on any atom is 0.322 e. The summed E-state index contributed by atoms with van der Waals surface area (Å²) < 4.78 is 6.01. The number of pyridine rings is 2. The van der Waals surface area contributed by atoms with Crippen LogP contribution in [-0.2, 0) is 23.3 Å². The number of aromatic nitrogens is 2. The van der Waals surface area contributed by atoms with Gasteiger partial charge in [-0.2, -0.15) is 0 Å². The first-order chi connectivity index (χ1) is 17.4. The number of hydrogen-bond donors (Lipinski definition) is 3. The highest BCUT2D eigenvalue weighted by atomic mass is 16.3. The lowest BCUT2D eigenvalue weighted by atomic mass is 9.95. The molecule has 1 fully saturated rings. The number of furan rings is 1. The fraction of sp³-hybridized carbons (Fsp3) is 0.192. The molecule has 0 unspecified atom stereocenters. The van der Waals surface area contributed by atoms with Crippen molar-refractivity contribution in [1.82, 2.24) is 25.5 Å². The van der Waals surface area contributed by atoms with E-state index in [1.54, 1.807) is 23.2 Å². The average Bonchev–Trinajstić information content (AvgIpc) is 3.52. The van der Waals surface area contributed by atoms with Gasteiger partial charge in [0.05, 0.1) is 24.6 Å². The van der Waals surface area contributed by atoms with Crippen molar-refractivity contribution in [2.45, 2.75) is 25.4 Å². The van der Waals surface area contributed by atoms with Crippen LogP contribution in [0.3, 0.4) is 0 Å². The zero-order valence-corrected chi connectivity index (χ0v) is 19.2. The van der Waals surface area contributed by atoms with Crippen molar-refractivity contribution in [3.8, 4) is 17.0 Å². The normalized spacial score (nSPS) is 19.0. The molecule has 2 aliphatic heterocycles. The van der Waals surface area contributed by atoms with Gasteiger partial charge in [-0.1, -0.05) is 19.1 Å². The van der Waals surface area contributed by atoms with Gasteiger partial charge in [-0.3, -0.25) is 24.9 Å². The standard InChI is InChI=1S/C26H21N5O5/c1-2-14-3-4-15-12-31(23(33)19(15)5-14)13-26(24(34)29-25(35)30-26)22-8-16-7-20(28-11-21(16)36-22)17-6-18(32)10-27-9-17/h3-11,32H,2,12-13H2,1H3,(H2,29,30,34,35)/t26-/m0/s1. The van der Waals surface area contributed by atoms with Crippen LogP contribution in [0.5, 0.6) is 5.75 Å². The van der Waals surface area contributed by atoms with E-state index in [9.17, 15) is 19.5 Å². The van der Waals surface area contributed by atoms with Crippen molar-refractivity contribution in [3.63, 3.8) is 0 Å². The van der Waals surface area contributed by atoms with Gasteiger partial charge in [0.2, 0.25) is 0 Å². The smallest absolute Gasteiger partial charge is 0.322 e. The zero-order valence-electron chi connectivity index (χ0n) is 19.2. The van der Waals surface area contributed by atoms with Gasteiger partial charge >= 0.3 is 6.03 Å². The summed E-state index contributed by atoms with van der Waals surface area (Å²) in [4.78, 5) is 48.5. The molecule has 3 N–H and O–H groups in total. The number of benzene rings is 1. The minimum Gasteiger partial charge on any atom is -0.506 e. The molecule has 2 aliphatic rings. The van der Waals surface area contributed by atoms with Gasteiger partial charge in [0.1, 0.15) is 11.5 Å². The maximum absolute atomic E-state index is 13.2. The summed E-state index contributed by atoms with van der Waals surface area (Å²) in [6, 6.07) is 10.1. The van der Waals surface area contributed by atoms with Crippen molar-refractivity contribution < 1.29 is 23.9 Å². The van der Waals surface area contributed by atoms with Crippen molar-refractivity contribution in [1.29, 1.82) is 0 Å². The maximum atomic E-state index is 13.2. The second-order valence-electron chi connectivity index (χ2n) is 8.97. The van der Waals surface area contributed by atoms with Crippen molar-refractivity contribution in [2.75, 3.05) is 6.54 Å². The van der Waals surface area contributed by atoms with Gasteiger partial charge in [0, 0.05) is 29.3 Å². The van der Waals surface area contributed by atoms with Gasteiger partial charge in [-0.15, -0.1) is 0 Å². The third-order valence-corrected chi connectivity index (χ3v) is 6.68. The molecule has 0 saturated carbocycles. The van der Waals surface area contributed by atoms with Crippen LogP contribution in [0.4, 0.5) is 4.79 Å². The molecule has 10 heteroatoms. The second-order valence-corrected chi connectivity index (χ2v) is 8.97. The Kier molecular flexibility index (Phi) is 4.78. The molecule has 10 nitrogen and oxygen atoms in total. The van der Waals surface area contributed by atoms with E-state index in [-0.39, 0.29) is 24.0 Å². The Balaban J connectivity index is 1.38. The number of rotatable bonds is 5. The van der Waals surface area contributed by atoms with Crippen LogP contribution in [0.15, 0.2) is 59.4 Å². The van der Waals surface area contributed by atoms with E-state index >= 15 is 0 Å². The van der Waals surface area contributed by atoms with E-state index in [0.29, 0.717) is 34.3 Å². The Morgan fingerprint density at radius 2 is 1.97 bits per heavy atom. The molecule has 5 heterocycles. The summed E-state index contributed by atoms with van der Waals surface area (Å²) >= 11 is 0. The first-order valence-electron chi connectivity index (χ1n) is 11.5. The topological polar surface area (TPSA) is 138 Å². The quantitative estimate of drug-likeness (QED) is 0.371. The van der Waals surface area contributed by atoms with E-state index < -0.39 is 17.5 Å². The molecular weight excluding hydrogens is 462 g/mol. The Morgan fingerprint density at radius 3 is 2.72 bits per heavy atom. The number of nitrogens with zero attached hydrogens (tertiary/aromatic N) is 3. The number of amides is 4. The Morgan fingerprint density at radius 1 is 1.11 bits per heavy atom. The van der Waals surface area contributed by atoms with Gasteiger partial charge < -0.3 is 19.7 Å². The predicted octanol–water partition coefficient (Wildman–Crippen LogP) is 2.85. The minimum atomic E-state index is -1.60. The monoisotopic (exact) mass is 483 g/mol. The fourth-order valence-electron chi connectivity index (χ4n) is 4.78. The van der Waals surface area contributed by atoms with Crippen LogP contribution in [-0.4, -0.2) is 44.4 Å². The van der Waals surface area contributed by atoms with E-state index in [0.717, 1.165) is 17.5 Å². The first-order valence-corrected chi connectivity index (χ1v) is 11.5. The summed E-state index contributed by atoms with van der Waals surface area (Å²) in [5.41, 5.74) is 2.47.